The summed E-state index contributed by atoms with van der Waals surface area (Å²) < 4.78 is 0. The number of pyridine rings is 1. The summed E-state index contributed by atoms with van der Waals surface area (Å²) in [6.07, 6.45) is 3.61. The molecule has 17 heavy (non-hydrogen) atoms. The normalized spacial score (nSPS) is 12.1. The number of nitrogen functional groups attached to an aromatic ring is 2. The molecular formula is C13H16N4. The third-order valence-electron chi connectivity index (χ3n) is 2.65. The predicted octanol–water partition coefficient (Wildman–Crippen LogP) is 2.42. The van der Waals surface area contributed by atoms with Crippen LogP contribution >= 0.6 is 0 Å². The number of hydrogen-bond acceptors (Lipinski definition) is 4. The van der Waals surface area contributed by atoms with Gasteiger partial charge in [-0.3, -0.25) is 4.98 Å². The van der Waals surface area contributed by atoms with Gasteiger partial charge in [-0.1, -0.05) is 6.07 Å². The Labute approximate surface area is 101 Å². The maximum absolute atomic E-state index is 5.76. The number of rotatable bonds is 3. The molecule has 1 unspecified atom stereocenters. The number of nitrogens with one attached hydrogen (secondary N) is 1. The number of aromatic nitrogens is 1. The molecule has 5 N–H and O–H groups in total. The van der Waals surface area contributed by atoms with Crippen molar-refractivity contribution in [1.29, 1.82) is 0 Å². The van der Waals surface area contributed by atoms with E-state index in [4.69, 9.17) is 11.5 Å². The van der Waals surface area contributed by atoms with Gasteiger partial charge in [0.2, 0.25) is 0 Å². The van der Waals surface area contributed by atoms with Crippen molar-refractivity contribution in [3.63, 3.8) is 0 Å². The van der Waals surface area contributed by atoms with Crippen molar-refractivity contribution in [3.05, 3.63) is 48.3 Å². The molecule has 0 saturated carbocycles. The molecule has 2 aromatic rings. The molecule has 1 atom stereocenters. The fraction of sp³-hybridized carbons (Fsp3) is 0.154. The van der Waals surface area contributed by atoms with Crippen LogP contribution in [0.4, 0.5) is 17.1 Å². The Morgan fingerprint density at radius 3 is 2.65 bits per heavy atom. The predicted molar refractivity (Wildman–Crippen MR) is 71.5 cm³/mol. The van der Waals surface area contributed by atoms with E-state index in [-0.39, 0.29) is 6.04 Å². The third kappa shape index (κ3) is 2.66. The molecule has 88 valence electrons. The lowest BCUT2D eigenvalue weighted by Gasteiger charge is -2.16. The zero-order valence-corrected chi connectivity index (χ0v) is 9.72. The monoisotopic (exact) mass is 228 g/mol. The van der Waals surface area contributed by atoms with E-state index < -0.39 is 0 Å². The molecule has 1 aromatic heterocycles. The molecule has 0 radical (unpaired) electrons. The second-order valence-electron chi connectivity index (χ2n) is 4.00. The second-order valence-corrected chi connectivity index (χ2v) is 4.00. The number of nitrogens with zero attached hydrogens (tertiary/aromatic N) is 1. The summed E-state index contributed by atoms with van der Waals surface area (Å²) in [5.74, 6) is 0. The SMILES string of the molecule is CC(Nc1ccc(N)c(N)c1)c1cccnc1. The zero-order valence-electron chi connectivity index (χ0n) is 9.72. The highest BCUT2D eigenvalue weighted by atomic mass is 14.9. The van der Waals surface area contributed by atoms with Crippen LogP contribution in [0.5, 0.6) is 0 Å². The molecule has 0 saturated heterocycles. The van der Waals surface area contributed by atoms with Crippen molar-refractivity contribution in [1.82, 2.24) is 4.98 Å². The Bertz CT molecular complexity index is 496. The first-order chi connectivity index (χ1) is 8.16. The summed E-state index contributed by atoms with van der Waals surface area (Å²) in [6.45, 7) is 2.07. The van der Waals surface area contributed by atoms with Crippen LogP contribution in [0.1, 0.15) is 18.5 Å². The quantitative estimate of drug-likeness (QED) is 0.705. The maximum atomic E-state index is 5.76. The van der Waals surface area contributed by atoms with Crippen molar-refractivity contribution in [3.8, 4) is 0 Å². The van der Waals surface area contributed by atoms with Gasteiger partial charge in [0.25, 0.3) is 0 Å². The van der Waals surface area contributed by atoms with Gasteiger partial charge in [-0.2, -0.15) is 0 Å². The van der Waals surface area contributed by atoms with Crippen LogP contribution in [0.3, 0.4) is 0 Å². The summed E-state index contributed by atoms with van der Waals surface area (Å²) in [5.41, 5.74) is 14.7. The highest BCUT2D eigenvalue weighted by Crippen LogP contribution is 2.23. The van der Waals surface area contributed by atoms with Crippen LogP contribution < -0.4 is 16.8 Å². The van der Waals surface area contributed by atoms with E-state index >= 15 is 0 Å². The summed E-state index contributed by atoms with van der Waals surface area (Å²) in [6, 6.07) is 9.68. The highest BCUT2D eigenvalue weighted by molar-refractivity contribution is 5.69. The van der Waals surface area contributed by atoms with Crippen LogP contribution in [0.15, 0.2) is 42.7 Å². The molecule has 0 fully saturated rings. The number of hydrogen-bond donors (Lipinski definition) is 3. The largest absolute Gasteiger partial charge is 0.397 e. The Morgan fingerprint density at radius 2 is 2.00 bits per heavy atom. The van der Waals surface area contributed by atoms with Gasteiger partial charge >= 0.3 is 0 Å². The highest BCUT2D eigenvalue weighted by Gasteiger charge is 2.05. The summed E-state index contributed by atoms with van der Waals surface area (Å²) >= 11 is 0. The van der Waals surface area contributed by atoms with Crippen molar-refractivity contribution in [2.75, 3.05) is 16.8 Å². The Hall–Kier alpha value is -2.23. The summed E-state index contributed by atoms with van der Waals surface area (Å²) in [4.78, 5) is 4.09. The van der Waals surface area contributed by atoms with E-state index in [1.807, 2.05) is 30.5 Å². The lowest BCUT2D eigenvalue weighted by Crippen LogP contribution is -2.07. The third-order valence-corrected chi connectivity index (χ3v) is 2.65. The van der Waals surface area contributed by atoms with Crippen molar-refractivity contribution in [2.24, 2.45) is 0 Å². The second kappa shape index (κ2) is 4.74. The number of anilines is 3. The smallest absolute Gasteiger partial charge is 0.0568 e. The van der Waals surface area contributed by atoms with Crippen LogP contribution in [-0.2, 0) is 0 Å². The van der Waals surface area contributed by atoms with Crippen LogP contribution in [0.2, 0.25) is 0 Å². The Morgan fingerprint density at radius 1 is 1.18 bits per heavy atom. The van der Waals surface area contributed by atoms with E-state index in [9.17, 15) is 0 Å². The molecule has 0 aliphatic heterocycles. The van der Waals surface area contributed by atoms with Crippen molar-refractivity contribution in [2.45, 2.75) is 13.0 Å². The van der Waals surface area contributed by atoms with Gasteiger partial charge < -0.3 is 16.8 Å². The van der Waals surface area contributed by atoms with Gasteiger partial charge in [-0.25, -0.2) is 0 Å². The van der Waals surface area contributed by atoms with Crippen LogP contribution in [0.25, 0.3) is 0 Å². The molecule has 0 aliphatic carbocycles. The molecule has 2 rings (SSSR count). The first-order valence-corrected chi connectivity index (χ1v) is 5.48. The lowest BCUT2D eigenvalue weighted by molar-refractivity contribution is 0.876. The fourth-order valence-corrected chi connectivity index (χ4v) is 1.63. The molecular weight excluding hydrogens is 212 g/mol. The first kappa shape index (κ1) is 11.3. The standard InChI is InChI=1S/C13H16N4/c1-9(10-3-2-6-16-8-10)17-11-4-5-12(14)13(15)7-11/h2-9,17H,14-15H2,1H3. The number of nitrogens with two attached hydrogens (primary N) is 2. The van der Waals surface area contributed by atoms with Gasteiger partial charge in [-0.15, -0.1) is 0 Å². The minimum atomic E-state index is 0.173. The molecule has 0 bridgehead atoms. The van der Waals surface area contributed by atoms with E-state index in [0.29, 0.717) is 11.4 Å². The van der Waals surface area contributed by atoms with Crippen LogP contribution in [0, 0.1) is 0 Å². The minimum Gasteiger partial charge on any atom is -0.397 e. The Balaban J connectivity index is 2.13. The fourth-order valence-electron chi connectivity index (χ4n) is 1.63. The molecule has 0 aliphatic rings. The van der Waals surface area contributed by atoms with Crippen molar-refractivity contribution >= 4 is 17.1 Å². The first-order valence-electron chi connectivity index (χ1n) is 5.48. The van der Waals surface area contributed by atoms with Gasteiger partial charge in [0, 0.05) is 18.1 Å². The molecule has 1 heterocycles. The van der Waals surface area contributed by atoms with Crippen molar-refractivity contribution < 1.29 is 0 Å². The van der Waals surface area contributed by atoms with Gasteiger partial charge in [0.05, 0.1) is 17.4 Å². The molecule has 0 spiro atoms. The lowest BCUT2D eigenvalue weighted by atomic mass is 10.1. The minimum absolute atomic E-state index is 0.173. The van der Waals surface area contributed by atoms with Crippen LogP contribution in [-0.4, -0.2) is 4.98 Å². The Kier molecular flexibility index (Phi) is 3.14. The van der Waals surface area contributed by atoms with Gasteiger partial charge in [-0.05, 0) is 36.8 Å². The molecule has 0 amide bonds. The topological polar surface area (TPSA) is 77.0 Å². The average Bonchev–Trinajstić information content (AvgIpc) is 2.35. The van der Waals surface area contributed by atoms with E-state index in [1.54, 1.807) is 12.3 Å². The summed E-state index contributed by atoms with van der Waals surface area (Å²) in [5, 5.41) is 3.35. The van der Waals surface area contributed by atoms with Gasteiger partial charge in [0.1, 0.15) is 0 Å². The zero-order chi connectivity index (χ0) is 12.3. The maximum Gasteiger partial charge on any atom is 0.0568 e. The average molecular weight is 228 g/mol. The van der Waals surface area contributed by atoms with E-state index in [0.717, 1.165) is 11.3 Å². The number of benzene rings is 1. The molecule has 1 aromatic carbocycles. The summed E-state index contributed by atoms with van der Waals surface area (Å²) in [7, 11) is 0. The van der Waals surface area contributed by atoms with E-state index in [1.165, 1.54) is 0 Å². The molecule has 4 heteroatoms. The van der Waals surface area contributed by atoms with E-state index in [2.05, 4.69) is 17.2 Å². The molecule has 4 nitrogen and oxygen atoms in total. The van der Waals surface area contributed by atoms with Gasteiger partial charge in [0.15, 0.2) is 0 Å².